The van der Waals surface area contributed by atoms with Crippen molar-refractivity contribution in [1.82, 2.24) is 0 Å². The van der Waals surface area contributed by atoms with Crippen molar-refractivity contribution in [3.05, 3.63) is 65.7 Å². The van der Waals surface area contributed by atoms with Gasteiger partial charge in [0.25, 0.3) is 0 Å². The van der Waals surface area contributed by atoms with Crippen LogP contribution in [0, 0.1) is 0 Å². The molecule has 0 radical (unpaired) electrons. The third kappa shape index (κ3) is 2.10. The van der Waals surface area contributed by atoms with E-state index in [-0.39, 0.29) is 12.6 Å². The van der Waals surface area contributed by atoms with Crippen molar-refractivity contribution in [3.8, 4) is 11.5 Å². The monoisotopic (exact) mass is 252 g/mol. The zero-order chi connectivity index (χ0) is 13.2. The van der Waals surface area contributed by atoms with Gasteiger partial charge in [0.05, 0.1) is 0 Å². The Morgan fingerprint density at radius 2 is 1.68 bits per heavy atom. The Morgan fingerprint density at radius 3 is 2.42 bits per heavy atom. The molecular formula is C16H12O3. The summed E-state index contributed by atoms with van der Waals surface area (Å²) in [6, 6.07) is 12.5. The number of carbonyl (C=O) groups is 1. The number of rotatable bonds is 3. The van der Waals surface area contributed by atoms with Crippen molar-refractivity contribution in [2.24, 2.45) is 0 Å². The normalized spacial score (nSPS) is 12.2. The molecule has 0 saturated carbocycles. The standard InChI is InChI=1S/C16H12O3/c1-2-11-3-5-12(6-4-11)16(17)13-7-8-14-15(9-13)19-10-18-14/h2-9H,1,10H2. The number of carbonyl (C=O) groups excluding carboxylic acids is 1. The average Bonchev–Trinajstić information content (AvgIpc) is 2.94. The summed E-state index contributed by atoms with van der Waals surface area (Å²) in [6.07, 6.45) is 1.74. The molecule has 0 spiro atoms. The second kappa shape index (κ2) is 4.61. The predicted octanol–water partition coefficient (Wildman–Crippen LogP) is 3.29. The van der Waals surface area contributed by atoms with Gasteiger partial charge in [-0.1, -0.05) is 36.9 Å². The molecule has 0 saturated heterocycles. The summed E-state index contributed by atoms with van der Waals surface area (Å²) >= 11 is 0. The summed E-state index contributed by atoms with van der Waals surface area (Å²) in [4.78, 5) is 12.3. The second-order valence-electron chi connectivity index (χ2n) is 4.22. The van der Waals surface area contributed by atoms with Crippen LogP contribution in [0.4, 0.5) is 0 Å². The third-order valence-corrected chi connectivity index (χ3v) is 3.04. The fourth-order valence-corrected chi connectivity index (χ4v) is 1.98. The highest BCUT2D eigenvalue weighted by atomic mass is 16.7. The van der Waals surface area contributed by atoms with Gasteiger partial charge in [-0.3, -0.25) is 4.79 Å². The van der Waals surface area contributed by atoms with Crippen LogP contribution in [-0.4, -0.2) is 12.6 Å². The lowest BCUT2D eigenvalue weighted by Gasteiger charge is -2.03. The molecule has 1 aliphatic rings. The third-order valence-electron chi connectivity index (χ3n) is 3.04. The highest BCUT2D eigenvalue weighted by Crippen LogP contribution is 2.33. The van der Waals surface area contributed by atoms with Gasteiger partial charge in [0.2, 0.25) is 6.79 Å². The minimum Gasteiger partial charge on any atom is -0.454 e. The van der Waals surface area contributed by atoms with E-state index in [1.54, 1.807) is 36.4 Å². The average molecular weight is 252 g/mol. The van der Waals surface area contributed by atoms with Crippen LogP contribution < -0.4 is 9.47 Å². The smallest absolute Gasteiger partial charge is 0.231 e. The van der Waals surface area contributed by atoms with Crippen LogP contribution in [0.1, 0.15) is 21.5 Å². The van der Waals surface area contributed by atoms with Gasteiger partial charge in [-0.15, -0.1) is 0 Å². The maximum absolute atomic E-state index is 12.3. The fraction of sp³-hybridized carbons (Fsp3) is 0.0625. The maximum atomic E-state index is 12.3. The molecule has 1 aliphatic heterocycles. The summed E-state index contributed by atoms with van der Waals surface area (Å²) < 4.78 is 10.5. The van der Waals surface area contributed by atoms with Gasteiger partial charge in [0.1, 0.15) is 0 Å². The minimum atomic E-state index is -0.0334. The quantitative estimate of drug-likeness (QED) is 0.786. The summed E-state index contributed by atoms with van der Waals surface area (Å²) in [7, 11) is 0. The Balaban J connectivity index is 1.92. The van der Waals surface area contributed by atoms with Gasteiger partial charge in [0.15, 0.2) is 17.3 Å². The van der Waals surface area contributed by atoms with Crippen molar-refractivity contribution < 1.29 is 14.3 Å². The number of hydrogen-bond donors (Lipinski definition) is 0. The van der Waals surface area contributed by atoms with E-state index in [0.29, 0.717) is 22.6 Å². The molecule has 3 heteroatoms. The van der Waals surface area contributed by atoms with Gasteiger partial charge in [0, 0.05) is 11.1 Å². The van der Waals surface area contributed by atoms with Gasteiger partial charge in [-0.05, 0) is 23.8 Å². The highest BCUT2D eigenvalue weighted by molar-refractivity contribution is 6.09. The van der Waals surface area contributed by atoms with Gasteiger partial charge in [-0.2, -0.15) is 0 Å². The lowest BCUT2D eigenvalue weighted by atomic mass is 10.0. The number of fused-ring (bicyclic) bond motifs is 1. The van der Waals surface area contributed by atoms with Crippen molar-refractivity contribution in [2.75, 3.05) is 6.79 Å². The second-order valence-corrected chi connectivity index (χ2v) is 4.22. The van der Waals surface area contributed by atoms with Crippen molar-refractivity contribution >= 4 is 11.9 Å². The lowest BCUT2D eigenvalue weighted by molar-refractivity contribution is 0.103. The van der Waals surface area contributed by atoms with Crippen LogP contribution in [0.5, 0.6) is 11.5 Å². The molecule has 0 N–H and O–H groups in total. The van der Waals surface area contributed by atoms with Gasteiger partial charge in [-0.25, -0.2) is 0 Å². The van der Waals surface area contributed by atoms with Crippen LogP contribution in [0.2, 0.25) is 0 Å². The molecule has 94 valence electrons. The molecule has 0 fully saturated rings. The van der Waals surface area contributed by atoms with E-state index in [1.165, 1.54) is 0 Å². The topological polar surface area (TPSA) is 35.5 Å². The molecule has 0 bridgehead atoms. The fourth-order valence-electron chi connectivity index (χ4n) is 1.98. The van der Waals surface area contributed by atoms with E-state index in [4.69, 9.17) is 9.47 Å². The highest BCUT2D eigenvalue weighted by Gasteiger charge is 2.16. The molecule has 2 aromatic carbocycles. The number of ether oxygens (including phenoxy) is 2. The molecule has 2 aromatic rings. The zero-order valence-corrected chi connectivity index (χ0v) is 10.3. The van der Waals surface area contributed by atoms with E-state index in [1.807, 2.05) is 12.1 Å². The van der Waals surface area contributed by atoms with Crippen LogP contribution in [0.15, 0.2) is 49.0 Å². The first-order valence-corrected chi connectivity index (χ1v) is 5.95. The number of benzene rings is 2. The summed E-state index contributed by atoms with van der Waals surface area (Å²) in [6.45, 7) is 3.90. The van der Waals surface area contributed by atoms with Crippen LogP contribution in [0.3, 0.4) is 0 Å². The van der Waals surface area contributed by atoms with E-state index in [9.17, 15) is 4.79 Å². The molecule has 0 unspecified atom stereocenters. The molecule has 19 heavy (non-hydrogen) atoms. The van der Waals surface area contributed by atoms with Crippen molar-refractivity contribution in [3.63, 3.8) is 0 Å². The number of hydrogen-bond acceptors (Lipinski definition) is 3. The maximum Gasteiger partial charge on any atom is 0.231 e. The van der Waals surface area contributed by atoms with Gasteiger partial charge < -0.3 is 9.47 Å². The minimum absolute atomic E-state index is 0.0334. The molecule has 1 heterocycles. The van der Waals surface area contributed by atoms with E-state index >= 15 is 0 Å². The Bertz CT molecular complexity index is 642. The van der Waals surface area contributed by atoms with E-state index in [2.05, 4.69) is 6.58 Å². The first kappa shape index (κ1) is 11.5. The Labute approximate surface area is 111 Å². The molecule has 0 amide bonds. The molecular weight excluding hydrogens is 240 g/mol. The summed E-state index contributed by atoms with van der Waals surface area (Å²) in [5.74, 6) is 1.26. The SMILES string of the molecule is C=Cc1ccc(C(=O)c2ccc3c(c2)OCO3)cc1. The van der Waals surface area contributed by atoms with Crippen molar-refractivity contribution in [1.29, 1.82) is 0 Å². The first-order chi connectivity index (χ1) is 9.28. The van der Waals surface area contributed by atoms with Crippen LogP contribution >= 0.6 is 0 Å². The lowest BCUT2D eigenvalue weighted by Crippen LogP contribution is -2.01. The van der Waals surface area contributed by atoms with Crippen LogP contribution in [0.25, 0.3) is 6.08 Å². The molecule has 0 atom stereocenters. The largest absolute Gasteiger partial charge is 0.454 e. The Morgan fingerprint density at radius 1 is 1.00 bits per heavy atom. The van der Waals surface area contributed by atoms with Crippen molar-refractivity contribution in [2.45, 2.75) is 0 Å². The molecule has 0 aliphatic carbocycles. The van der Waals surface area contributed by atoms with E-state index < -0.39 is 0 Å². The molecule has 3 rings (SSSR count). The first-order valence-electron chi connectivity index (χ1n) is 5.95. The van der Waals surface area contributed by atoms with E-state index in [0.717, 1.165) is 5.56 Å². The summed E-state index contributed by atoms with van der Waals surface area (Å²) in [5, 5.41) is 0. The number of ketones is 1. The zero-order valence-electron chi connectivity index (χ0n) is 10.3. The van der Waals surface area contributed by atoms with Crippen LogP contribution in [-0.2, 0) is 0 Å². The molecule has 3 nitrogen and oxygen atoms in total. The Kier molecular flexibility index (Phi) is 2.80. The molecule has 0 aromatic heterocycles. The predicted molar refractivity (Wildman–Crippen MR) is 72.5 cm³/mol. The Hall–Kier alpha value is -2.55. The van der Waals surface area contributed by atoms with Gasteiger partial charge >= 0.3 is 0 Å². The summed E-state index contributed by atoms with van der Waals surface area (Å²) in [5.41, 5.74) is 2.22.